The van der Waals surface area contributed by atoms with Gasteiger partial charge in [-0.2, -0.15) is 5.10 Å². The van der Waals surface area contributed by atoms with E-state index >= 15 is 0 Å². The van der Waals surface area contributed by atoms with Gasteiger partial charge in [-0.3, -0.25) is 4.68 Å². The van der Waals surface area contributed by atoms with Crippen LogP contribution in [0, 0.1) is 0 Å². The first-order chi connectivity index (χ1) is 6.27. The SMILES string of the molecule is Cn1nc([C@H]2CCCOC2)cc1N. The fraction of sp³-hybridized carbons (Fsp3) is 0.667. The van der Waals surface area contributed by atoms with Gasteiger partial charge in [0.1, 0.15) is 5.82 Å². The van der Waals surface area contributed by atoms with Crippen LogP contribution in [0.4, 0.5) is 5.82 Å². The summed E-state index contributed by atoms with van der Waals surface area (Å²) < 4.78 is 7.11. The molecule has 0 aromatic carbocycles. The van der Waals surface area contributed by atoms with Crippen LogP contribution in [0.15, 0.2) is 6.07 Å². The molecule has 1 fully saturated rings. The van der Waals surface area contributed by atoms with Crippen LogP contribution < -0.4 is 5.73 Å². The minimum absolute atomic E-state index is 0.442. The highest BCUT2D eigenvalue weighted by Crippen LogP contribution is 2.25. The number of nitrogens with two attached hydrogens (primary N) is 1. The normalized spacial score (nSPS) is 23.3. The quantitative estimate of drug-likeness (QED) is 0.700. The summed E-state index contributed by atoms with van der Waals surface area (Å²) in [5.41, 5.74) is 6.78. The van der Waals surface area contributed by atoms with Crippen LogP contribution in [-0.2, 0) is 11.8 Å². The first kappa shape index (κ1) is 8.56. The Labute approximate surface area is 77.7 Å². The second-order valence-electron chi connectivity index (χ2n) is 3.53. The second kappa shape index (κ2) is 3.38. The molecule has 1 aliphatic heterocycles. The molecule has 1 atom stereocenters. The molecule has 1 aromatic rings. The van der Waals surface area contributed by atoms with Gasteiger partial charge >= 0.3 is 0 Å². The average molecular weight is 181 g/mol. The fourth-order valence-electron chi connectivity index (χ4n) is 1.68. The lowest BCUT2D eigenvalue weighted by Gasteiger charge is -2.19. The standard InChI is InChI=1S/C9H15N3O/c1-12-9(10)5-8(11-12)7-3-2-4-13-6-7/h5,7H,2-4,6,10H2,1H3/t7-/m0/s1. The molecule has 0 spiro atoms. The largest absolute Gasteiger partial charge is 0.384 e. The van der Waals surface area contributed by atoms with Crippen molar-refractivity contribution in [3.63, 3.8) is 0 Å². The molecule has 0 aliphatic carbocycles. The minimum atomic E-state index is 0.442. The van der Waals surface area contributed by atoms with Gasteiger partial charge in [0.2, 0.25) is 0 Å². The number of nitrogens with zero attached hydrogens (tertiary/aromatic N) is 2. The van der Waals surface area contributed by atoms with Crippen LogP contribution in [0.1, 0.15) is 24.5 Å². The maximum atomic E-state index is 5.71. The maximum absolute atomic E-state index is 5.71. The molecule has 13 heavy (non-hydrogen) atoms. The highest BCUT2D eigenvalue weighted by atomic mass is 16.5. The Kier molecular flexibility index (Phi) is 2.22. The highest BCUT2D eigenvalue weighted by molar-refractivity contribution is 5.32. The van der Waals surface area contributed by atoms with E-state index in [9.17, 15) is 0 Å². The lowest BCUT2D eigenvalue weighted by atomic mass is 9.99. The first-order valence-electron chi connectivity index (χ1n) is 4.64. The van der Waals surface area contributed by atoms with E-state index in [4.69, 9.17) is 10.5 Å². The van der Waals surface area contributed by atoms with Gasteiger partial charge in [0, 0.05) is 25.6 Å². The van der Waals surface area contributed by atoms with Crippen LogP contribution in [0.25, 0.3) is 0 Å². The van der Waals surface area contributed by atoms with Crippen molar-refractivity contribution >= 4 is 5.82 Å². The molecule has 1 saturated heterocycles. The monoisotopic (exact) mass is 181 g/mol. The summed E-state index contributed by atoms with van der Waals surface area (Å²) in [5, 5.41) is 4.35. The van der Waals surface area contributed by atoms with Crippen molar-refractivity contribution in [2.45, 2.75) is 18.8 Å². The molecule has 2 rings (SSSR count). The molecule has 0 unspecified atom stereocenters. The number of ether oxygens (including phenoxy) is 1. The van der Waals surface area contributed by atoms with Crippen LogP contribution in [0.3, 0.4) is 0 Å². The predicted molar refractivity (Wildman–Crippen MR) is 50.4 cm³/mol. The summed E-state index contributed by atoms with van der Waals surface area (Å²) in [6.45, 7) is 1.68. The highest BCUT2D eigenvalue weighted by Gasteiger charge is 2.18. The number of aromatic nitrogens is 2. The summed E-state index contributed by atoms with van der Waals surface area (Å²) in [4.78, 5) is 0. The Bertz CT molecular complexity index is 270. The minimum Gasteiger partial charge on any atom is -0.384 e. The van der Waals surface area contributed by atoms with E-state index in [1.807, 2.05) is 13.1 Å². The van der Waals surface area contributed by atoms with Gasteiger partial charge in [0.05, 0.1) is 12.3 Å². The molecule has 1 aliphatic rings. The fourth-order valence-corrected chi connectivity index (χ4v) is 1.68. The summed E-state index contributed by atoms with van der Waals surface area (Å²) in [5.74, 6) is 1.16. The molecular formula is C9H15N3O. The Morgan fingerprint density at radius 3 is 3.08 bits per heavy atom. The van der Waals surface area contributed by atoms with Crippen LogP contribution in [-0.4, -0.2) is 23.0 Å². The number of rotatable bonds is 1. The molecule has 4 nitrogen and oxygen atoms in total. The number of nitrogen functional groups attached to an aromatic ring is 1. The lowest BCUT2D eigenvalue weighted by Crippen LogP contribution is -2.16. The van der Waals surface area contributed by atoms with Crippen molar-refractivity contribution in [2.24, 2.45) is 7.05 Å². The average Bonchev–Trinajstić information content (AvgIpc) is 2.49. The van der Waals surface area contributed by atoms with Crippen molar-refractivity contribution in [3.8, 4) is 0 Å². The van der Waals surface area contributed by atoms with Gasteiger partial charge < -0.3 is 10.5 Å². The molecule has 2 heterocycles. The van der Waals surface area contributed by atoms with Crippen LogP contribution in [0.2, 0.25) is 0 Å². The van der Waals surface area contributed by atoms with E-state index in [1.54, 1.807) is 4.68 Å². The van der Waals surface area contributed by atoms with E-state index < -0.39 is 0 Å². The summed E-state index contributed by atoms with van der Waals surface area (Å²) in [6.07, 6.45) is 2.29. The summed E-state index contributed by atoms with van der Waals surface area (Å²) in [6, 6.07) is 1.94. The second-order valence-corrected chi connectivity index (χ2v) is 3.53. The lowest BCUT2D eigenvalue weighted by molar-refractivity contribution is 0.0791. The molecule has 4 heteroatoms. The van der Waals surface area contributed by atoms with E-state index in [0.29, 0.717) is 5.92 Å². The van der Waals surface area contributed by atoms with E-state index in [2.05, 4.69) is 5.10 Å². The Hall–Kier alpha value is -1.03. The Morgan fingerprint density at radius 2 is 2.54 bits per heavy atom. The molecule has 72 valence electrons. The van der Waals surface area contributed by atoms with Gasteiger partial charge in [-0.1, -0.05) is 0 Å². The zero-order valence-corrected chi connectivity index (χ0v) is 7.86. The smallest absolute Gasteiger partial charge is 0.121 e. The maximum Gasteiger partial charge on any atom is 0.121 e. The molecule has 0 radical (unpaired) electrons. The van der Waals surface area contributed by atoms with Gasteiger partial charge in [-0.15, -0.1) is 0 Å². The van der Waals surface area contributed by atoms with Gasteiger partial charge in [0.15, 0.2) is 0 Å². The molecule has 1 aromatic heterocycles. The number of anilines is 1. The first-order valence-corrected chi connectivity index (χ1v) is 4.64. The molecule has 0 bridgehead atoms. The van der Waals surface area contributed by atoms with E-state index in [1.165, 1.54) is 0 Å². The topological polar surface area (TPSA) is 53.1 Å². The predicted octanol–water partition coefficient (Wildman–Crippen LogP) is 0.896. The molecule has 0 amide bonds. The van der Waals surface area contributed by atoms with Crippen molar-refractivity contribution < 1.29 is 4.74 Å². The number of hydrogen-bond donors (Lipinski definition) is 1. The summed E-state index contributed by atoms with van der Waals surface area (Å²) in [7, 11) is 1.86. The number of aryl methyl sites for hydroxylation is 1. The Balaban J connectivity index is 2.14. The van der Waals surface area contributed by atoms with Crippen molar-refractivity contribution in [1.82, 2.24) is 9.78 Å². The third-order valence-electron chi connectivity index (χ3n) is 2.51. The van der Waals surface area contributed by atoms with Crippen molar-refractivity contribution in [1.29, 1.82) is 0 Å². The van der Waals surface area contributed by atoms with E-state index in [-0.39, 0.29) is 0 Å². The van der Waals surface area contributed by atoms with Crippen LogP contribution in [0.5, 0.6) is 0 Å². The van der Waals surface area contributed by atoms with Gasteiger partial charge in [0.25, 0.3) is 0 Å². The summed E-state index contributed by atoms with van der Waals surface area (Å²) >= 11 is 0. The van der Waals surface area contributed by atoms with Crippen LogP contribution >= 0.6 is 0 Å². The van der Waals surface area contributed by atoms with E-state index in [0.717, 1.165) is 37.6 Å². The Morgan fingerprint density at radius 1 is 1.69 bits per heavy atom. The molecule has 0 saturated carbocycles. The molecular weight excluding hydrogens is 166 g/mol. The van der Waals surface area contributed by atoms with Crippen molar-refractivity contribution in [2.75, 3.05) is 18.9 Å². The van der Waals surface area contributed by atoms with Gasteiger partial charge in [-0.25, -0.2) is 0 Å². The zero-order chi connectivity index (χ0) is 9.26. The van der Waals surface area contributed by atoms with Crippen molar-refractivity contribution in [3.05, 3.63) is 11.8 Å². The van der Waals surface area contributed by atoms with Gasteiger partial charge in [-0.05, 0) is 12.8 Å². The third-order valence-corrected chi connectivity index (χ3v) is 2.51. The number of hydrogen-bond acceptors (Lipinski definition) is 3. The third kappa shape index (κ3) is 1.67. The zero-order valence-electron chi connectivity index (χ0n) is 7.86. The molecule has 2 N–H and O–H groups in total.